The van der Waals surface area contributed by atoms with Crippen molar-refractivity contribution in [3.05, 3.63) is 22.2 Å². The minimum Gasteiger partial charge on any atom is -0.504 e. The van der Waals surface area contributed by atoms with Crippen LogP contribution < -0.4 is 10.2 Å². The molecule has 0 heterocycles. The maximum absolute atomic E-state index is 9.49. The second-order valence-electron chi connectivity index (χ2n) is 2.53. The van der Waals surface area contributed by atoms with Gasteiger partial charge < -0.3 is 15.3 Å². The molecule has 1 aromatic rings. The molecule has 0 aromatic heterocycles. The molecule has 14 heavy (non-hydrogen) atoms. The van der Waals surface area contributed by atoms with Crippen LogP contribution in [0.3, 0.4) is 0 Å². The van der Waals surface area contributed by atoms with Gasteiger partial charge in [-0.25, -0.2) is 0 Å². The average molecular weight is 259 g/mol. The van der Waals surface area contributed by atoms with Crippen molar-refractivity contribution >= 4 is 22.1 Å². The van der Waals surface area contributed by atoms with Crippen LogP contribution in [-0.4, -0.2) is 25.5 Å². The Morgan fingerprint density at radius 3 is 2.86 bits per heavy atom. The molecule has 0 saturated carbocycles. The molecule has 4 nitrogen and oxygen atoms in total. The van der Waals surface area contributed by atoms with Gasteiger partial charge in [0, 0.05) is 17.1 Å². The highest BCUT2D eigenvalue weighted by Gasteiger charge is 2.05. The first-order chi connectivity index (χ1) is 6.69. The summed E-state index contributed by atoms with van der Waals surface area (Å²) in [5.41, 5.74) is 3.40. The molecular weight excluding hydrogens is 248 g/mol. The minimum absolute atomic E-state index is 0.0910. The summed E-state index contributed by atoms with van der Waals surface area (Å²) in [5, 5.41) is 13.3. The summed E-state index contributed by atoms with van der Waals surface area (Å²) in [7, 11) is 3.20. The Hall–Kier alpha value is -1.23. The van der Waals surface area contributed by atoms with E-state index in [4.69, 9.17) is 4.74 Å². The van der Waals surface area contributed by atoms with Gasteiger partial charge in [-0.05, 0) is 28.1 Å². The third-order valence-electron chi connectivity index (χ3n) is 1.63. The lowest BCUT2D eigenvalue weighted by Crippen LogP contribution is -1.95. The topological polar surface area (TPSA) is 53.9 Å². The maximum Gasteiger partial charge on any atom is 0.161 e. The van der Waals surface area contributed by atoms with Gasteiger partial charge in [-0.1, -0.05) is 0 Å². The summed E-state index contributed by atoms with van der Waals surface area (Å²) in [5.74, 6) is 0.520. The molecule has 0 aliphatic carbocycles. The number of rotatable bonds is 3. The molecule has 5 heteroatoms. The zero-order chi connectivity index (χ0) is 10.6. The highest BCUT2D eigenvalue weighted by atomic mass is 79.9. The molecular formula is C9H11BrN2O2. The molecule has 0 unspecified atom stereocenters. The molecule has 0 aliphatic rings. The number of nitrogens with one attached hydrogen (secondary N) is 1. The van der Waals surface area contributed by atoms with Crippen LogP contribution in [0.25, 0.3) is 0 Å². The van der Waals surface area contributed by atoms with Crippen molar-refractivity contribution < 1.29 is 9.84 Å². The second kappa shape index (κ2) is 4.85. The molecule has 0 saturated heterocycles. The molecule has 0 bridgehead atoms. The molecule has 76 valence electrons. The number of ether oxygens (including phenoxy) is 1. The van der Waals surface area contributed by atoms with Gasteiger partial charge in [-0.2, -0.15) is 5.10 Å². The van der Waals surface area contributed by atoms with Crippen molar-refractivity contribution in [2.24, 2.45) is 5.10 Å². The van der Waals surface area contributed by atoms with Crippen molar-refractivity contribution in [3.8, 4) is 11.5 Å². The van der Waals surface area contributed by atoms with E-state index in [1.54, 1.807) is 25.4 Å². The van der Waals surface area contributed by atoms with Crippen molar-refractivity contribution in [1.29, 1.82) is 0 Å². The first-order valence-corrected chi connectivity index (χ1v) is 4.74. The standard InChI is InChI=1S/C9H11BrN2O2/c1-11-12-5-6-3-8(13)9(14-2)4-7(6)10/h3-5,11,13H,1-2H3/b12-5+. The summed E-state index contributed by atoms with van der Waals surface area (Å²) < 4.78 is 5.76. The first kappa shape index (κ1) is 10.8. The Balaban J connectivity index is 3.08. The number of nitrogens with zero attached hydrogens (tertiary/aromatic N) is 1. The van der Waals surface area contributed by atoms with Crippen LogP contribution in [0.15, 0.2) is 21.7 Å². The highest BCUT2D eigenvalue weighted by molar-refractivity contribution is 9.10. The molecule has 0 aliphatic heterocycles. The molecule has 0 atom stereocenters. The number of phenolic OH excluding ortho intramolecular Hbond substituents is 1. The molecule has 0 radical (unpaired) electrons. The molecule has 2 N–H and O–H groups in total. The van der Waals surface area contributed by atoms with Crippen molar-refractivity contribution in [2.45, 2.75) is 0 Å². The van der Waals surface area contributed by atoms with E-state index < -0.39 is 0 Å². The van der Waals surface area contributed by atoms with E-state index in [1.807, 2.05) is 0 Å². The van der Waals surface area contributed by atoms with E-state index in [-0.39, 0.29) is 5.75 Å². The van der Waals surface area contributed by atoms with Gasteiger partial charge in [0.2, 0.25) is 0 Å². The zero-order valence-electron chi connectivity index (χ0n) is 7.91. The summed E-state index contributed by atoms with van der Waals surface area (Å²) >= 11 is 3.34. The normalized spacial score (nSPS) is 10.5. The molecule has 0 fully saturated rings. The van der Waals surface area contributed by atoms with Gasteiger partial charge in [0.1, 0.15) is 0 Å². The third kappa shape index (κ3) is 2.38. The van der Waals surface area contributed by atoms with Gasteiger partial charge in [0.25, 0.3) is 0 Å². The van der Waals surface area contributed by atoms with Crippen molar-refractivity contribution in [1.82, 2.24) is 5.43 Å². The zero-order valence-corrected chi connectivity index (χ0v) is 9.50. The number of methoxy groups -OCH3 is 1. The first-order valence-electron chi connectivity index (χ1n) is 3.95. The fraction of sp³-hybridized carbons (Fsp3) is 0.222. The number of phenols is 1. The fourth-order valence-electron chi connectivity index (χ4n) is 0.956. The monoisotopic (exact) mass is 258 g/mol. The third-order valence-corrected chi connectivity index (χ3v) is 2.32. The lowest BCUT2D eigenvalue weighted by Gasteiger charge is -2.05. The Bertz CT molecular complexity index is 353. The number of hydrogen-bond acceptors (Lipinski definition) is 4. The van der Waals surface area contributed by atoms with Gasteiger partial charge in [0.05, 0.1) is 13.3 Å². The predicted molar refractivity (Wildman–Crippen MR) is 59.0 cm³/mol. The van der Waals surface area contributed by atoms with E-state index in [9.17, 15) is 5.11 Å². The minimum atomic E-state index is 0.0910. The number of hydrogen-bond donors (Lipinski definition) is 2. The SMILES string of the molecule is CN/N=C/c1cc(O)c(OC)cc1Br. The van der Waals surface area contributed by atoms with Gasteiger partial charge in [-0.3, -0.25) is 0 Å². The maximum atomic E-state index is 9.49. The van der Waals surface area contributed by atoms with Crippen molar-refractivity contribution in [3.63, 3.8) is 0 Å². The summed E-state index contributed by atoms with van der Waals surface area (Å²) in [6.07, 6.45) is 1.60. The van der Waals surface area contributed by atoms with Gasteiger partial charge >= 0.3 is 0 Å². The molecule has 0 amide bonds. The fourth-order valence-corrected chi connectivity index (χ4v) is 1.38. The predicted octanol–water partition coefficient (Wildman–Crippen LogP) is 1.72. The Morgan fingerprint density at radius 2 is 2.29 bits per heavy atom. The summed E-state index contributed by atoms with van der Waals surface area (Å²) in [6, 6.07) is 3.26. The van der Waals surface area contributed by atoms with Gasteiger partial charge in [-0.15, -0.1) is 0 Å². The number of hydrazone groups is 1. The quantitative estimate of drug-likeness (QED) is 0.641. The average Bonchev–Trinajstić information content (AvgIpc) is 2.18. The molecule has 1 rings (SSSR count). The van der Waals surface area contributed by atoms with E-state index in [1.165, 1.54) is 7.11 Å². The van der Waals surface area contributed by atoms with Crippen molar-refractivity contribution in [2.75, 3.05) is 14.2 Å². The van der Waals surface area contributed by atoms with E-state index in [0.717, 1.165) is 10.0 Å². The Labute approximate surface area is 90.7 Å². The highest BCUT2D eigenvalue weighted by Crippen LogP contribution is 2.31. The van der Waals surface area contributed by atoms with Crippen LogP contribution in [0.2, 0.25) is 0 Å². The van der Waals surface area contributed by atoms with Crippen LogP contribution in [0, 0.1) is 0 Å². The molecule has 1 aromatic carbocycles. The van der Waals surface area contributed by atoms with E-state index >= 15 is 0 Å². The lowest BCUT2D eigenvalue weighted by atomic mass is 10.2. The van der Waals surface area contributed by atoms with Gasteiger partial charge in [0.15, 0.2) is 11.5 Å². The largest absolute Gasteiger partial charge is 0.504 e. The van der Waals surface area contributed by atoms with Crippen LogP contribution in [-0.2, 0) is 0 Å². The summed E-state index contributed by atoms with van der Waals surface area (Å²) in [6.45, 7) is 0. The second-order valence-corrected chi connectivity index (χ2v) is 3.38. The van der Waals surface area contributed by atoms with Crippen LogP contribution in [0.4, 0.5) is 0 Å². The van der Waals surface area contributed by atoms with E-state index in [0.29, 0.717) is 5.75 Å². The Morgan fingerprint density at radius 1 is 1.57 bits per heavy atom. The van der Waals surface area contributed by atoms with E-state index in [2.05, 4.69) is 26.5 Å². The van der Waals surface area contributed by atoms with Crippen LogP contribution >= 0.6 is 15.9 Å². The number of aromatic hydroxyl groups is 1. The van der Waals surface area contributed by atoms with Crippen LogP contribution in [0.5, 0.6) is 11.5 Å². The number of halogens is 1. The molecule has 0 spiro atoms. The smallest absolute Gasteiger partial charge is 0.161 e. The lowest BCUT2D eigenvalue weighted by molar-refractivity contribution is 0.373. The summed E-state index contributed by atoms with van der Waals surface area (Å²) in [4.78, 5) is 0. The number of benzene rings is 1. The Kier molecular flexibility index (Phi) is 3.76. The van der Waals surface area contributed by atoms with Crippen LogP contribution in [0.1, 0.15) is 5.56 Å².